The Labute approximate surface area is 194 Å². The summed E-state index contributed by atoms with van der Waals surface area (Å²) >= 11 is 13.7. The maximum absolute atomic E-state index is 14.0. The van der Waals surface area contributed by atoms with Crippen molar-refractivity contribution >= 4 is 40.4 Å². The molecule has 0 aliphatic carbocycles. The molecule has 1 aliphatic rings. The lowest BCUT2D eigenvalue weighted by Crippen LogP contribution is -2.48. The molecule has 0 saturated carbocycles. The van der Waals surface area contributed by atoms with E-state index in [-0.39, 0.29) is 11.7 Å². The fraction of sp³-hybridized carbons (Fsp3) is 0.261. The number of hydrogen-bond donors (Lipinski definition) is 0. The van der Waals surface area contributed by atoms with Crippen LogP contribution in [0, 0.1) is 5.82 Å². The zero-order valence-corrected chi connectivity index (χ0v) is 19.0. The molecule has 1 amide bonds. The summed E-state index contributed by atoms with van der Waals surface area (Å²) in [4.78, 5) is 17.5. The Kier molecular flexibility index (Phi) is 7.13. The minimum Gasteiger partial charge on any atom is -0.487 e. The van der Waals surface area contributed by atoms with Crippen LogP contribution in [0.25, 0.3) is 0 Å². The molecule has 4 rings (SSSR count). The Morgan fingerprint density at radius 1 is 1.03 bits per heavy atom. The Balaban J connectivity index is 1.30. The average molecular weight is 479 g/mol. The van der Waals surface area contributed by atoms with Gasteiger partial charge in [0.1, 0.15) is 18.2 Å². The van der Waals surface area contributed by atoms with E-state index in [9.17, 15) is 9.18 Å². The largest absolute Gasteiger partial charge is 0.487 e. The van der Waals surface area contributed by atoms with Gasteiger partial charge in [-0.1, -0.05) is 41.4 Å². The van der Waals surface area contributed by atoms with E-state index in [0.717, 1.165) is 5.56 Å². The van der Waals surface area contributed by atoms with E-state index < -0.39 is 0 Å². The normalized spacial score (nSPS) is 14.6. The third-order valence-corrected chi connectivity index (χ3v) is 6.83. The van der Waals surface area contributed by atoms with Crippen LogP contribution < -0.4 is 4.74 Å². The topological polar surface area (TPSA) is 32.8 Å². The van der Waals surface area contributed by atoms with Crippen molar-refractivity contribution < 1.29 is 13.9 Å². The molecule has 0 bridgehead atoms. The first-order valence-corrected chi connectivity index (χ1v) is 11.5. The van der Waals surface area contributed by atoms with Gasteiger partial charge in [-0.3, -0.25) is 9.69 Å². The van der Waals surface area contributed by atoms with Gasteiger partial charge < -0.3 is 9.64 Å². The number of hydrogen-bond acceptors (Lipinski definition) is 4. The van der Waals surface area contributed by atoms with Crippen molar-refractivity contribution in [1.82, 2.24) is 9.80 Å². The highest BCUT2D eigenvalue weighted by molar-refractivity contribution is 7.12. The van der Waals surface area contributed by atoms with Gasteiger partial charge in [-0.05, 0) is 35.7 Å². The second-order valence-corrected chi connectivity index (χ2v) is 9.03. The standard InChI is InChI=1S/C23H21Cl2FN2O2S/c24-18-5-3-6-20(26)17(18)13-27-8-10-28(11-9-27)23(29)22-12-16(15-31-22)14-30-21-7-2-1-4-19(21)25/h1-7,12,15H,8-11,13-14H2. The monoisotopic (exact) mass is 478 g/mol. The van der Waals surface area contributed by atoms with Crippen molar-refractivity contribution in [2.24, 2.45) is 0 Å². The van der Waals surface area contributed by atoms with E-state index in [1.54, 1.807) is 18.2 Å². The number of piperazine rings is 1. The van der Waals surface area contributed by atoms with Gasteiger partial charge in [0, 0.05) is 48.9 Å². The number of halogens is 3. The molecule has 1 aromatic heterocycles. The number of amides is 1. The summed E-state index contributed by atoms with van der Waals surface area (Å²) in [5.74, 6) is 0.336. The van der Waals surface area contributed by atoms with Gasteiger partial charge in [-0.2, -0.15) is 0 Å². The van der Waals surface area contributed by atoms with Gasteiger partial charge in [0.2, 0.25) is 0 Å². The smallest absolute Gasteiger partial charge is 0.264 e. The van der Waals surface area contributed by atoms with Crippen molar-refractivity contribution in [2.75, 3.05) is 26.2 Å². The predicted molar refractivity (Wildman–Crippen MR) is 123 cm³/mol. The summed E-state index contributed by atoms with van der Waals surface area (Å²) in [5.41, 5.74) is 1.44. The first-order valence-electron chi connectivity index (χ1n) is 9.90. The highest BCUT2D eigenvalue weighted by atomic mass is 35.5. The van der Waals surface area contributed by atoms with E-state index in [1.807, 2.05) is 34.5 Å². The Hall–Kier alpha value is -2.12. The Morgan fingerprint density at radius 2 is 1.77 bits per heavy atom. The molecule has 2 heterocycles. The maximum atomic E-state index is 14.0. The molecule has 0 spiro atoms. The van der Waals surface area contributed by atoms with Crippen LogP contribution in [0.1, 0.15) is 20.8 Å². The lowest BCUT2D eigenvalue weighted by Gasteiger charge is -2.34. The lowest BCUT2D eigenvalue weighted by atomic mass is 10.1. The van der Waals surface area contributed by atoms with Gasteiger partial charge in [-0.25, -0.2) is 4.39 Å². The summed E-state index contributed by atoms with van der Waals surface area (Å²) in [5, 5.41) is 2.92. The van der Waals surface area contributed by atoms with Crippen LogP contribution in [0.3, 0.4) is 0 Å². The molecule has 0 radical (unpaired) electrons. The number of nitrogens with zero attached hydrogens (tertiary/aromatic N) is 2. The quantitative estimate of drug-likeness (QED) is 0.453. The van der Waals surface area contributed by atoms with Crippen LogP contribution >= 0.6 is 34.5 Å². The highest BCUT2D eigenvalue weighted by Crippen LogP contribution is 2.26. The number of rotatable bonds is 6. The number of carbonyl (C=O) groups excluding carboxylic acids is 1. The Morgan fingerprint density at radius 3 is 2.52 bits per heavy atom. The number of para-hydroxylation sites is 1. The number of ether oxygens (including phenoxy) is 1. The number of thiophene rings is 1. The van der Waals surface area contributed by atoms with E-state index in [4.69, 9.17) is 27.9 Å². The van der Waals surface area contributed by atoms with Crippen molar-refractivity contribution in [2.45, 2.75) is 13.2 Å². The first kappa shape index (κ1) is 22.1. The van der Waals surface area contributed by atoms with Crippen LogP contribution in [-0.2, 0) is 13.2 Å². The second kappa shape index (κ2) is 10.0. The SMILES string of the molecule is O=C(c1cc(COc2ccccc2Cl)cs1)N1CCN(Cc2c(F)cccc2Cl)CC1. The molecule has 8 heteroatoms. The van der Waals surface area contributed by atoms with Crippen molar-refractivity contribution in [3.05, 3.63) is 85.8 Å². The van der Waals surface area contributed by atoms with Crippen molar-refractivity contribution in [3.8, 4) is 5.75 Å². The fourth-order valence-electron chi connectivity index (χ4n) is 3.46. The Bertz CT molecular complexity index is 1050. The van der Waals surface area contributed by atoms with Crippen LogP contribution in [-0.4, -0.2) is 41.9 Å². The summed E-state index contributed by atoms with van der Waals surface area (Å²) in [6, 6.07) is 13.9. The summed E-state index contributed by atoms with van der Waals surface area (Å²) in [7, 11) is 0. The minimum absolute atomic E-state index is 0.0116. The molecular weight excluding hydrogens is 458 g/mol. The molecule has 31 heavy (non-hydrogen) atoms. The molecule has 1 aliphatic heterocycles. The van der Waals surface area contributed by atoms with E-state index in [0.29, 0.717) is 65.6 Å². The molecule has 0 unspecified atom stereocenters. The van der Waals surface area contributed by atoms with Crippen LogP contribution in [0.5, 0.6) is 5.75 Å². The predicted octanol–water partition coefficient (Wildman–Crippen LogP) is 5.73. The van der Waals surface area contributed by atoms with Crippen LogP contribution in [0.2, 0.25) is 10.0 Å². The fourth-order valence-corrected chi connectivity index (χ4v) is 4.74. The second-order valence-electron chi connectivity index (χ2n) is 7.31. The molecule has 0 atom stereocenters. The number of benzene rings is 2. The minimum atomic E-state index is -0.295. The molecule has 1 saturated heterocycles. The van der Waals surface area contributed by atoms with Crippen molar-refractivity contribution in [1.29, 1.82) is 0 Å². The zero-order valence-electron chi connectivity index (χ0n) is 16.7. The van der Waals surface area contributed by atoms with E-state index >= 15 is 0 Å². The third kappa shape index (κ3) is 5.39. The molecule has 4 nitrogen and oxygen atoms in total. The summed E-state index contributed by atoms with van der Waals surface area (Å²) < 4.78 is 19.8. The van der Waals surface area contributed by atoms with E-state index in [1.165, 1.54) is 17.4 Å². The zero-order chi connectivity index (χ0) is 21.8. The van der Waals surface area contributed by atoms with Gasteiger partial charge in [0.05, 0.1) is 9.90 Å². The molecule has 3 aromatic rings. The van der Waals surface area contributed by atoms with Crippen LogP contribution in [0.15, 0.2) is 53.9 Å². The first-order chi connectivity index (χ1) is 15.0. The van der Waals surface area contributed by atoms with E-state index in [2.05, 4.69) is 4.90 Å². The molecule has 2 aromatic carbocycles. The molecule has 162 valence electrons. The molecular formula is C23H21Cl2FN2O2S. The van der Waals surface area contributed by atoms with Crippen LogP contribution in [0.4, 0.5) is 4.39 Å². The highest BCUT2D eigenvalue weighted by Gasteiger charge is 2.24. The lowest BCUT2D eigenvalue weighted by molar-refractivity contribution is 0.0631. The van der Waals surface area contributed by atoms with Gasteiger partial charge >= 0.3 is 0 Å². The van der Waals surface area contributed by atoms with Crippen molar-refractivity contribution in [3.63, 3.8) is 0 Å². The third-order valence-electron chi connectivity index (χ3n) is 5.20. The van der Waals surface area contributed by atoms with Gasteiger partial charge in [0.25, 0.3) is 5.91 Å². The molecule has 1 fully saturated rings. The maximum Gasteiger partial charge on any atom is 0.264 e. The molecule has 0 N–H and O–H groups in total. The van der Waals surface area contributed by atoms with Gasteiger partial charge in [0.15, 0.2) is 0 Å². The average Bonchev–Trinajstić information content (AvgIpc) is 3.25. The summed E-state index contributed by atoms with van der Waals surface area (Å²) in [6.45, 7) is 3.32. The number of carbonyl (C=O) groups is 1. The van der Waals surface area contributed by atoms with Gasteiger partial charge in [-0.15, -0.1) is 11.3 Å². The summed E-state index contributed by atoms with van der Waals surface area (Å²) in [6.07, 6.45) is 0.